The topological polar surface area (TPSA) is 59.4 Å². The third kappa shape index (κ3) is 1.97. The van der Waals surface area contributed by atoms with E-state index in [1.165, 1.54) is 6.20 Å². The number of aldehydes is 1. The number of halogens is 2. The van der Waals surface area contributed by atoms with Gasteiger partial charge in [-0.15, -0.1) is 0 Å². The molecule has 3 rings (SSSR count). The summed E-state index contributed by atoms with van der Waals surface area (Å²) in [5.74, 6) is -0.141. The number of benzene rings is 1. The van der Waals surface area contributed by atoms with Gasteiger partial charge >= 0.3 is 0 Å². The van der Waals surface area contributed by atoms with Crippen molar-refractivity contribution >= 4 is 29.5 Å². The van der Waals surface area contributed by atoms with Crippen molar-refractivity contribution in [1.82, 2.24) is 4.98 Å². The molecule has 1 unspecified atom stereocenters. The zero-order chi connectivity index (χ0) is 14.3. The Morgan fingerprint density at radius 3 is 2.90 bits per heavy atom. The smallest absolute Gasteiger partial charge is 0.172 e. The Hall–Kier alpha value is -1.62. The summed E-state index contributed by atoms with van der Waals surface area (Å²) in [5, 5.41) is 10.8. The molecule has 0 amide bonds. The fourth-order valence-electron chi connectivity index (χ4n) is 2.27. The Kier molecular flexibility index (Phi) is 3.38. The highest BCUT2D eigenvalue weighted by Gasteiger charge is 2.30. The molecule has 0 saturated heterocycles. The highest BCUT2D eigenvalue weighted by Crippen LogP contribution is 2.43. The molecule has 102 valence electrons. The number of nitrogens with zero attached hydrogens (tertiary/aromatic N) is 1. The number of rotatable bonds is 2. The molecule has 4 nitrogen and oxygen atoms in total. The lowest BCUT2D eigenvalue weighted by Gasteiger charge is -2.14. The van der Waals surface area contributed by atoms with E-state index in [0.717, 1.165) is 0 Å². The first-order valence-electron chi connectivity index (χ1n) is 5.85. The van der Waals surface area contributed by atoms with Crippen LogP contribution in [0.5, 0.6) is 5.75 Å². The van der Waals surface area contributed by atoms with Crippen LogP contribution in [0.4, 0.5) is 0 Å². The van der Waals surface area contributed by atoms with Crippen LogP contribution in [0, 0.1) is 0 Å². The number of hydrogen-bond donors (Lipinski definition) is 1. The number of aromatic hydroxyl groups is 1. The van der Waals surface area contributed by atoms with Gasteiger partial charge in [-0.1, -0.05) is 35.3 Å². The quantitative estimate of drug-likeness (QED) is 0.862. The molecule has 0 saturated carbocycles. The molecule has 20 heavy (non-hydrogen) atoms. The average Bonchev–Trinajstić information content (AvgIpc) is 2.87. The van der Waals surface area contributed by atoms with Gasteiger partial charge in [0, 0.05) is 22.9 Å². The van der Waals surface area contributed by atoms with E-state index < -0.39 is 6.10 Å². The third-order valence-corrected chi connectivity index (χ3v) is 4.11. The van der Waals surface area contributed by atoms with E-state index in [1.54, 1.807) is 18.2 Å². The number of fused-ring (bicyclic) bond motifs is 1. The van der Waals surface area contributed by atoms with Crippen LogP contribution < -0.4 is 0 Å². The monoisotopic (exact) mass is 309 g/mol. The van der Waals surface area contributed by atoms with Gasteiger partial charge in [0.05, 0.1) is 16.7 Å². The molecule has 6 heteroatoms. The Morgan fingerprint density at radius 2 is 2.15 bits per heavy atom. The lowest BCUT2D eigenvalue weighted by atomic mass is 10.00. The van der Waals surface area contributed by atoms with Gasteiger partial charge in [0.2, 0.25) is 0 Å². The summed E-state index contributed by atoms with van der Waals surface area (Å²) in [6, 6.07) is 5.27. The maximum absolute atomic E-state index is 10.8. The molecule has 1 atom stereocenters. The summed E-state index contributed by atoms with van der Waals surface area (Å²) in [4.78, 5) is 14.7. The second-order valence-electron chi connectivity index (χ2n) is 4.38. The third-order valence-electron chi connectivity index (χ3n) is 3.27. The maximum atomic E-state index is 10.8. The van der Waals surface area contributed by atoms with Crippen molar-refractivity contribution < 1.29 is 14.6 Å². The minimum atomic E-state index is -0.449. The fourth-order valence-corrected chi connectivity index (χ4v) is 2.68. The molecule has 2 heterocycles. The lowest BCUT2D eigenvalue weighted by Crippen LogP contribution is -2.01. The Bertz CT molecular complexity index is 703. The Labute approximate surface area is 124 Å². The fraction of sp³-hybridized carbons (Fsp3) is 0.143. The van der Waals surface area contributed by atoms with Crippen molar-refractivity contribution in [3.8, 4) is 5.75 Å². The van der Waals surface area contributed by atoms with Crippen LogP contribution in [0.2, 0.25) is 10.0 Å². The summed E-state index contributed by atoms with van der Waals surface area (Å²) in [5.41, 5.74) is 1.96. The van der Waals surface area contributed by atoms with Crippen LogP contribution in [0.15, 0.2) is 24.4 Å². The predicted molar refractivity (Wildman–Crippen MR) is 74.4 cm³/mol. The number of aromatic nitrogens is 1. The van der Waals surface area contributed by atoms with Gasteiger partial charge in [-0.3, -0.25) is 4.79 Å². The van der Waals surface area contributed by atoms with Crippen LogP contribution in [0.25, 0.3) is 0 Å². The van der Waals surface area contributed by atoms with E-state index in [0.29, 0.717) is 33.0 Å². The van der Waals surface area contributed by atoms with E-state index in [9.17, 15) is 9.90 Å². The molecular formula is C14H9Cl2NO3. The first kappa shape index (κ1) is 13.4. The second-order valence-corrected chi connectivity index (χ2v) is 5.16. The van der Waals surface area contributed by atoms with Crippen molar-refractivity contribution in [3.05, 3.63) is 56.8 Å². The summed E-state index contributed by atoms with van der Waals surface area (Å²) in [6.45, 7) is 0.192. The van der Waals surface area contributed by atoms with E-state index in [1.807, 2.05) is 0 Å². The molecular weight excluding hydrogens is 301 g/mol. The highest BCUT2D eigenvalue weighted by molar-refractivity contribution is 6.42. The highest BCUT2D eigenvalue weighted by atomic mass is 35.5. The largest absolute Gasteiger partial charge is 0.505 e. The molecule has 1 aromatic carbocycles. The minimum absolute atomic E-state index is 0.00481. The normalized spacial score (nSPS) is 17.0. The number of pyridine rings is 1. The summed E-state index contributed by atoms with van der Waals surface area (Å²) in [6.07, 6.45) is 1.58. The zero-order valence-electron chi connectivity index (χ0n) is 10.1. The number of carbonyl (C=O) groups is 1. The number of hydrogen-bond acceptors (Lipinski definition) is 4. The van der Waals surface area contributed by atoms with Crippen molar-refractivity contribution in [1.29, 1.82) is 0 Å². The number of ether oxygens (including phenoxy) is 1. The van der Waals surface area contributed by atoms with Crippen LogP contribution in [0.3, 0.4) is 0 Å². The van der Waals surface area contributed by atoms with Gasteiger partial charge in [-0.25, -0.2) is 4.98 Å². The molecule has 1 aliphatic heterocycles. The molecule has 0 fully saturated rings. The van der Waals surface area contributed by atoms with Crippen molar-refractivity contribution in [3.63, 3.8) is 0 Å². The minimum Gasteiger partial charge on any atom is -0.505 e. The molecule has 1 N–H and O–H groups in total. The van der Waals surface area contributed by atoms with Crippen LogP contribution >= 0.6 is 23.2 Å². The van der Waals surface area contributed by atoms with E-state index in [4.69, 9.17) is 27.9 Å². The standard InChI is InChI=1S/C14H9Cl2NO3/c15-10-3-1-2-7(12(10)16)14-8-4-17-11(5-18)13(19)9(8)6-20-14/h1-5,14,19H,6H2. The van der Waals surface area contributed by atoms with Gasteiger partial charge in [0.25, 0.3) is 0 Å². The van der Waals surface area contributed by atoms with E-state index in [2.05, 4.69) is 4.98 Å². The van der Waals surface area contributed by atoms with Crippen LogP contribution in [-0.2, 0) is 11.3 Å². The Morgan fingerprint density at radius 1 is 1.35 bits per heavy atom. The molecule has 1 aromatic heterocycles. The number of carbonyl (C=O) groups excluding carboxylic acids is 1. The average molecular weight is 310 g/mol. The predicted octanol–water partition coefficient (Wildman–Crippen LogP) is 3.53. The van der Waals surface area contributed by atoms with Crippen molar-refractivity contribution in [2.24, 2.45) is 0 Å². The van der Waals surface area contributed by atoms with Gasteiger partial charge < -0.3 is 9.84 Å². The summed E-state index contributed by atoms with van der Waals surface area (Å²) in [7, 11) is 0. The van der Waals surface area contributed by atoms with Gasteiger partial charge in [-0.2, -0.15) is 0 Å². The molecule has 0 bridgehead atoms. The Balaban J connectivity index is 2.12. The zero-order valence-corrected chi connectivity index (χ0v) is 11.6. The first-order chi connectivity index (χ1) is 9.63. The molecule has 0 radical (unpaired) electrons. The van der Waals surface area contributed by atoms with E-state index in [-0.39, 0.29) is 18.1 Å². The summed E-state index contributed by atoms with van der Waals surface area (Å²) >= 11 is 12.2. The molecule has 2 aromatic rings. The molecule has 0 spiro atoms. The first-order valence-corrected chi connectivity index (χ1v) is 6.60. The van der Waals surface area contributed by atoms with Crippen LogP contribution in [-0.4, -0.2) is 16.4 Å². The van der Waals surface area contributed by atoms with Gasteiger partial charge in [0.15, 0.2) is 12.0 Å². The van der Waals surface area contributed by atoms with Gasteiger partial charge in [-0.05, 0) is 6.07 Å². The van der Waals surface area contributed by atoms with E-state index >= 15 is 0 Å². The van der Waals surface area contributed by atoms with Crippen molar-refractivity contribution in [2.75, 3.05) is 0 Å². The molecule has 1 aliphatic rings. The van der Waals surface area contributed by atoms with Gasteiger partial charge in [0.1, 0.15) is 11.8 Å². The van der Waals surface area contributed by atoms with Crippen LogP contribution in [0.1, 0.15) is 33.3 Å². The second kappa shape index (κ2) is 5.05. The molecule has 0 aliphatic carbocycles. The summed E-state index contributed by atoms with van der Waals surface area (Å²) < 4.78 is 5.67. The SMILES string of the molecule is O=Cc1ncc2c(c1O)COC2c1cccc(Cl)c1Cl. The van der Waals surface area contributed by atoms with Crippen molar-refractivity contribution in [2.45, 2.75) is 12.7 Å². The lowest BCUT2D eigenvalue weighted by molar-refractivity contribution is 0.0933. The maximum Gasteiger partial charge on any atom is 0.172 e.